The Morgan fingerprint density at radius 2 is 2.06 bits per heavy atom. The van der Waals surface area contributed by atoms with E-state index in [-0.39, 0.29) is 12.4 Å². The van der Waals surface area contributed by atoms with Gasteiger partial charge in [0.2, 0.25) is 10.0 Å². The molecule has 0 saturated carbocycles. The van der Waals surface area contributed by atoms with Gasteiger partial charge in [0.25, 0.3) is 0 Å². The lowest BCUT2D eigenvalue weighted by molar-refractivity contribution is 0.107. The topological polar surface area (TPSA) is 55.4 Å². The predicted octanol–water partition coefficient (Wildman–Crippen LogP) is 1.84. The zero-order valence-corrected chi connectivity index (χ0v) is 11.5. The van der Waals surface area contributed by atoms with Crippen LogP contribution in [-0.2, 0) is 14.8 Å². The second-order valence-corrected chi connectivity index (χ2v) is 6.54. The average Bonchev–Trinajstić information content (AvgIpc) is 2.29. The first-order valence-electron chi connectivity index (χ1n) is 5.63. The maximum Gasteiger partial charge on any atom is 0.214 e. The highest BCUT2D eigenvalue weighted by Gasteiger charge is 2.19. The van der Waals surface area contributed by atoms with Crippen LogP contribution in [0, 0.1) is 5.82 Å². The van der Waals surface area contributed by atoms with E-state index in [0.29, 0.717) is 5.56 Å². The van der Waals surface area contributed by atoms with Crippen molar-refractivity contribution in [3.8, 4) is 0 Å². The highest BCUT2D eigenvalue weighted by Crippen LogP contribution is 2.17. The number of nitrogens with one attached hydrogen (secondary N) is 1. The van der Waals surface area contributed by atoms with Gasteiger partial charge < -0.3 is 4.74 Å². The predicted molar refractivity (Wildman–Crippen MR) is 68.2 cm³/mol. The van der Waals surface area contributed by atoms with E-state index in [4.69, 9.17) is 4.74 Å². The Hall–Kier alpha value is -0.980. The standard InChI is InChI=1S/C12H18FNO3S/c1-9(2)18(15,16)14-8-12(17-3)10-5-4-6-11(13)7-10/h4-7,9,12,14H,8H2,1-3H3. The number of methoxy groups -OCH3 is 1. The van der Waals surface area contributed by atoms with Gasteiger partial charge in [-0.2, -0.15) is 0 Å². The van der Waals surface area contributed by atoms with E-state index in [1.54, 1.807) is 26.0 Å². The van der Waals surface area contributed by atoms with Crippen LogP contribution in [0.15, 0.2) is 24.3 Å². The minimum atomic E-state index is -3.35. The molecule has 0 radical (unpaired) electrons. The fraction of sp³-hybridized carbons (Fsp3) is 0.500. The van der Waals surface area contributed by atoms with Crippen LogP contribution >= 0.6 is 0 Å². The lowest BCUT2D eigenvalue weighted by atomic mass is 10.1. The molecule has 0 bridgehead atoms. The first kappa shape index (κ1) is 15.1. The fourth-order valence-electron chi connectivity index (χ4n) is 1.40. The Balaban J connectivity index is 2.75. The van der Waals surface area contributed by atoms with Gasteiger partial charge in [-0.05, 0) is 31.5 Å². The summed E-state index contributed by atoms with van der Waals surface area (Å²) in [5.41, 5.74) is 0.601. The van der Waals surface area contributed by atoms with Gasteiger partial charge >= 0.3 is 0 Å². The molecular weight excluding hydrogens is 257 g/mol. The molecule has 0 fully saturated rings. The molecular formula is C12H18FNO3S. The smallest absolute Gasteiger partial charge is 0.214 e. The molecule has 0 aliphatic heterocycles. The van der Waals surface area contributed by atoms with E-state index in [1.807, 2.05) is 0 Å². The summed E-state index contributed by atoms with van der Waals surface area (Å²) in [6.45, 7) is 3.26. The fourth-order valence-corrected chi connectivity index (χ4v) is 2.12. The molecule has 6 heteroatoms. The number of benzene rings is 1. The van der Waals surface area contributed by atoms with Gasteiger partial charge in [-0.1, -0.05) is 12.1 Å². The summed E-state index contributed by atoms with van der Waals surface area (Å²) in [6.07, 6.45) is -0.505. The molecule has 1 N–H and O–H groups in total. The maximum atomic E-state index is 13.1. The molecule has 0 saturated heterocycles. The van der Waals surface area contributed by atoms with Gasteiger partial charge in [0.05, 0.1) is 11.4 Å². The number of ether oxygens (including phenoxy) is 1. The van der Waals surface area contributed by atoms with Crippen molar-refractivity contribution in [1.82, 2.24) is 4.72 Å². The summed E-state index contributed by atoms with van der Waals surface area (Å²) in [5.74, 6) is -0.374. The summed E-state index contributed by atoms with van der Waals surface area (Å²) in [5, 5.41) is -0.512. The summed E-state index contributed by atoms with van der Waals surface area (Å²) in [6, 6.07) is 5.92. The second-order valence-electron chi connectivity index (χ2n) is 4.22. The van der Waals surface area contributed by atoms with Crippen LogP contribution in [0.3, 0.4) is 0 Å². The number of hydrogen-bond acceptors (Lipinski definition) is 3. The second kappa shape index (κ2) is 6.26. The van der Waals surface area contributed by atoms with Crippen LogP contribution in [-0.4, -0.2) is 27.3 Å². The van der Waals surface area contributed by atoms with Crippen LogP contribution in [0.2, 0.25) is 0 Å². The number of rotatable bonds is 6. The maximum absolute atomic E-state index is 13.1. The first-order valence-corrected chi connectivity index (χ1v) is 7.18. The summed E-state index contributed by atoms with van der Waals surface area (Å²) < 4.78 is 43.9. The quantitative estimate of drug-likeness (QED) is 0.862. The molecule has 0 aliphatic carbocycles. The number of sulfonamides is 1. The molecule has 0 amide bonds. The van der Waals surface area contributed by atoms with E-state index in [1.165, 1.54) is 19.2 Å². The van der Waals surface area contributed by atoms with Crippen molar-refractivity contribution in [3.05, 3.63) is 35.6 Å². The largest absolute Gasteiger partial charge is 0.375 e. The number of hydrogen-bond donors (Lipinski definition) is 1. The summed E-state index contributed by atoms with van der Waals surface area (Å²) >= 11 is 0. The van der Waals surface area contributed by atoms with Crippen LogP contribution in [0.25, 0.3) is 0 Å². The van der Waals surface area contributed by atoms with Gasteiger partial charge in [-0.25, -0.2) is 17.5 Å². The lowest BCUT2D eigenvalue weighted by Crippen LogP contribution is -2.34. The first-order chi connectivity index (χ1) is 8.36. The van der Waals surface area contributed by atoms with Crippen LogP contribution in [0.1, 0.15) is 25.5 Å². The van der Waals surface area contributed by atoms with E-state index in [2.05, 4.69) is 4.72 Å². The molecule has 1 aromatic rings. The highest BCUT2D eigenvalue weighted by molar-refractivity contribution is 7.90. The highest BCUT2D eigenvalue weighted by atomic mass is 32.2. The third-order valence-corrected chi connectivity index (χ3v) is 4.41. The Morgan fingerprint density at radius 1 is 1.39 bits per heavy atom. The Kier molecular flexibility index (Phi) is 5.25. The van der Waals surface area contributed by atoms with Crippen molar-refractivity contribution in [2.24, 2.45) is 0 Å². The monoisotopic (exact) mass is 275 g/mol. The molecule has 102 valence electrons. The van der Waals surface area contributed by atoms with Crippen LogP contribution < -0.4 is 4.72 Å². The Labute approximate surface area is 107 Å². The molecule has 0 aliphatic rings. The van der Waals surface area contributed by atoms with E-state index in [0.717, 1.165) is 0 Å². The minimum absolute atomic E-state index is 0.0838. The van der Waals surface area contributed by atoms with Crippen molar-refractivity contribution in [1.29, 1.82) is 0 Å². The van der Waals surface area contributed by atoms with Crippen molar-refractivity contribution >= 4 is 10.0 Å². The van der Waals surface area contributed by atoms with E-state index < -0.39 is 21.4 Å². The van der Waals surface area contributed by atoms with Gasteiger partial charge in [0.15, 0.2) is 0 Å². The van der Waals surface area contributed by atoms with Crippen molar-refractivity contribution < 1.29 is 17.5 Å². The normalized spacial score (nSPS) is 13.8. The number of halogens is 1. The molecule has 0 spiro atoms. The van der Waals surface area contributed by atoms with E-state index in [9.17, 15) is 12.8 Å². The van der Waals surface area contributed by atoms with Crippen molar-refractivity contribution in [3.63, 3.8) is 0 Å². The Morgan fingerprint density at radius 3 is 2.56 bits per heavy atom. The van der Waals surface area contributed by atoms with Crippen LogP contribution in [0.4, 0.5) is 4.39 Å². The SMILES string of the molecule is COC(CNS(=O)(=O)C(C)C)c1cccc(F)c1. The zero-order chi connectivity index (χ0) is 13.8. The minimum Gasteiger partial charge on any atom is -0.375 e. The average molecular weight is 275 g/mol. The molecule has 1 atom stereocenters. The zero-order valence-electron chi connectivity index (χ0n) is 10.7. The van der Waals surface area contributed by atoms with Gasteiger partial charge in [-0.3, -0.25) is 0 Å². The van der Waals surface area contributed by atoms with Crippen LogP contribution in [0.5, 0.6) is 0 Å². The van der Waals surface area contributed by atoms with Gasteiger partial charge in [0.1, 0.15) is 5.82 Å². The lowest BCUT2D eigenvalue weighted by Gasteiger charge is -2.17. The molecule has 1 aromatic carbocycles. The van der Waals surface area contributed by atoms with Gasteiger partial charge in [0, 0.05) is 13.7 Å². The van der Waals surface area contributed by atoms with Crippen molar-refractivity contribution in [2.75, 3.05) is 13.7 Å². The molecule has 1 unspecified atom stereocenters. The molecule has 18 heavy (non-hydrogen) atoms. The van der Waals surface area contributed by atoms with Crippen molar-refractivity contribution in [2.45, 2.75) is 25.2 Å². The Bertz CT molecular complexity index is 488. The molecule has 0 aromatic heterocycles. The van der Waals surface area contributed by atoms with E-state index >= 15 is 0 Å². The molecule has 0 heterocycles. The third-order valence-electron chi connectivity index (χ3n) is 2.60. The molecule has 1 rings (SSSR count). The van der Waals surface area contributed by atoms with Gasteiger partial charge in [-0.15, -0.1) is 0 Å². The summed E-state index contributed by atoms with van der Waals surface area (Å²) in [4.78, 5) is 0. The summed E-state index contributed by atoms with van der Waals surface area (Å²) in [7, 11) is -1.89. The molecule has 4 nitrogen and oxygen atoms in total. The third kappa shape index (κ3) is 4.04.